The molecule has 0 aliphatic heterocycles. The van der Waals surface area contributed by atoms with Crippen LogP contribution in [0, 0.1) is 9.68 Å². The Bertz CT molecular complexity index is 485. The lowest BCUT2D eigenvalue weighted by Gasteiger charge is -1.87. The third-order valence-electron chi connectivity index (χ3n) is 1.60. The third kappa shape index (κ3) is 1.04. The van der Waals surface area contributed by atoms with Crippen LogP contribution in [0.2, 0.25) is 0 Å². The summed E-state index contributed by atoms with van der Waals surface area (Å²) in [6.07, 6.45) is 0. The van der Waals surface area contributed by atoms with Crippen molar-refractivity contribution in [3.63, 3.8) is 0 Å². The highest BCUT2D eigenvalue weighted by atomic mass is 32.1. The zero-order valence-electron chi connectivity index (χ0n) is 6.00. The number of rotatable bonds is 1. The predicted octanol–water partition coefficient (Wildman–Crippen LogP) is 2.62. The summed E-state index contributed by atoms with van der Waals surface area (Å²) in [6.45, 7) is 0. The monoisotopic (exact) mass is 179 g/mol. The molecule has 0 saturated heterocycles. The molecule has 0 fully saturated rings. The van der Waals surface area contributed by atoms with E-state index in [2.05, 4.69) is 15.1 Å². The highest BCUT2D eigenvalue weighted by Crippen LogP contribution is 2.17. The normalized spacial score (nSPS) is 10.3. The van der Waals surface area contributed by atoms with Crippen LogP contribution in [0.3, 0.4) is 0 Å². The fourth-order valence-electron chi connectivity index (χ4n) is 1.08. The molecule has 1 heterocycles. The standard InChI is InChI=1S/C7H5N3OS/c11-10-4-1-2-5-6(3-4)9-7(12)8-5/h1-3H,(H2,8,9,12). The lowest BCUT2D eigenvalue weighted by molar-refractivity contribution is 1.30. The van der Waals surface area contributed by atoms with Crippen LogP contribution in [0.15, 0.2) is 23.4 Å². The molecule has 0 atom stereocenters. The van der Waals surface area contributed by atoms with Gasteiger partial charge < -0.3 is 9.97 Å². The molecule has 0 unspecified atom stereocenters. The van der Waals surface area contributed by atoms with Crippen molar-refractivity contribution in [3.05, 3.63) is 27.9 Å². The molecule has 12 heavy (non-hydrogen) atoms. The zero-order chi connectivity index (χ0) is 8.55. The molecular formula is C7H5N3OS. The largest absolute Gasteiger partial charge is 0.331 e. The van der Waals surface area contributed by atoms with E-state index in [-0.39, 0.29) is 0 Å². The fraction of sp³-hybridized carbons (Fsp3) is 0. The molecule has 0 bridgehead atoms. The van der Waals surface area contributed by atoms with Crippen LogP contribution >= 0.6 is 12.2 Å². The van der Waals surface area contributed by atoms with Crippen LogP contribution in [0.5, 0.6) is 0 Å². The zero-order valence-corrected chi connectivity index (χ0v) is 6.81. The number of H-pyrrole nitrogens is 2. The number of hydrogen-bond acceptors (Lipinski definition) is 3. The Morgan fingerprint density at radius 1 is 1.25 bits per heavy atom. The van der Waals surface area contributed by atoms with E-state index in [9.17, 15) is 4.91 Å². The van der Waals surface area contributed by atoms with Gasteiger partial charge in [0.2, 0.25) is 0 Å². The summed E-state index contributed by atoms with van der Waals surface area (Å²) in [6, 6.07) is 5.04. The minimum atomic E-state index is 0.396. The number of nitrogens with one attached hydrogen (secondary N) is 2. The van der Waals surface area contributed by atoms with E-state index in [4.69, 9.17) is 12.2 Å². The van der Waals surface area contributed by atoms with Gasteiger partial charge in [0.05, 0.1) is 11.0 Å². The fourth-order valence-corrected chi connectivity index (χ4v) is 1.30. The molecule has 60 valence electrons. The van der Waals surface area contributed by atoms with Gasteiger partial charge in [-0.25, -0.2) is 0 Å². The van der Waals surface area contributed by atoms with Gasteiger partial charge >= 0.3 is 0 Å². The van der Waals surface area contributed by atoms with E-state index in [1.54, 1.807) is 18.2 Å². The van der Waals surface area contributed by atoms with Crippen molar-refractivity contribution in [1.29, 1.82) is 0 Å². The number of hydrogen-bond donors (Lipinski definition) is 2. The van der Waals surface area contributed by atoms with Gasteiger partial charge in [0.15, 0.2) is 4.77 Å². The molecule has 0 aliphatic carbocycles. The highest BCUT2D eigenvalue weighted by molar-refractivity contribution is 7.71. The van der Waals surface area contributed by atoms with Crippen LogP contribution in [0.25, 0.3) is 11.0 Å². The summed E-state index contributed by atoms with van der Waals surface area (Å²) >= 11 is 4.87. The van der Waals surface area contributed by atoms with Crippen LogP contribution in [-0.4, -0.2) is 9.97 Å². The summed E-state index contributed by atoms with van der Waals surface area (Å²) in [4.78, 5) is 16.0. The van der Waals surface area contributed by atoms with Crippen LogP contribution < -0.4 is 0 Å². The van der Waals surface area contributed by atoms with Gasteiger partial charge in [-0.3, -0.25) is 0 Å². The molecule has 0 spiro atoms. The van der Waals surface area contributed by atoms with Gasteiger partial charge in [-0.15, -0.1) is 4.91 Å². The third-order valence-corrected chi connectivity index (χ3v) is 1.81. The smallest absolute Gasteiger partial charge is 0.175 e. The molecule has 0 aliphatic rings. The summed E-state index contributed by atoms with van der Waals surface area (Å²) < 4.78 is 0.549. The number of nitrogens with zero attached hydrogens (tertiary/aromatic N) is 1. The number of aromatic nitrogens is 2. The second-order valence-corrected chi connectivity index (χ2v) is 2.81. The van der Waals surface area contributed by atoms with Crippen LogP contribution in [0.4, 0.5) is 5.69 Å². The number of aromatic amines is 2. The SMILES string of the molecule is O=Nc1ccc2[nH]c(=S)[nH]c2c1. The Labute approximate surface area is 72.6 Å². The van der Waals surface area contributed by atoms with E-state index in [1.807, 2.05) is 0 Å². The number of benzene rings is 1. The first-order valence-electron chi connectivity index (χ1n) is 3.35. The number of nitroso groups, excluding NO2 is 1. The molecular weight excluding hydrogens is 174 g/mol. The first-order valence-corrected chi connectivity index (χ1v) is 3.76. The molecule has 4 nitrogen and oxygen atoms in total. The van der Waals surface area contributed by atoms with Crippen molar-refractivity contribution in [2.75, 3.05) is 0 Å². The predicted molar refractivity (Wildman–Crippen MR) is 48.9 cm³/mol. The van der Waals surface area contributed by atoms with Gasteiger partial charge in [-0.2, -0.15) is 0 Å². The summed E-state index contributed by atoms with van der Waals surface area (Å²) in [7, 11) is 0. The maximum atomic E-state index is 10.2. The van der Waals surface area contributed by atoms with Crippen molar-refractivity contribution in [2.45, 2.75) is 0 Å². The molecule has 2 aromatic rings. The van der Waals surface area contributed by atoms with Crippen LogP contribution in [-0.2, 0) is 0 Å². The van der Waals surface area contributed by atoms with E-state index in [1.165, 1.54) is 0 Å². The molecule has 0 radical (unpaired) electrons. The topological polar surface area (TPSA) is 61.0 Å². The van der Waals surface area contributed by atoms with Gasteiger partial charge in [0.25, 0.3) is 0 Å². The Balaban J connectivity index is 2.82. The molecule has 1 aromatic carbocycles. The quantitative estimate of drug-likeness (QED) is 0.522. The number of imidazole rings is 1. The van der Waals surface area contributed by atoms with Gasteiger partial charge in [-0.1, -0.05) is 0 Å². The van der Waals surface area contributed by atoms with Crippen molar-refractivity contribution >= 4 is 28.9 Å². The lowest BCUT2D eigenvalue weighted by Crippen LogP contribution is -1.67. The van der Waals surface area contributed by atoms with Gasteiger partial charge in [0.1, 0.15) is 5.69 Å². The second-order valence-electron chi connectivity index (χ2n) is 2.40. The van der Waals surface area contributed by atoms with E-state index < -0.39 is 0 Å². The average Bonchev–Trinajstić information content (AvgIpc) is 2.43. The summed E-state index contributed by atoms with van der Waals surface area (Å²) in [5, 5.41) is 2.81. The van der Waals surface area contributed by atoms with Crippen molar-refractivity contribution in [1.82, 2.24) is 9.97 Å². The average molecular weight is 179 g/mol. The molecule has 2 N–H and O–H groups in total. The Morgan fingerprint density at radius 2 is 2.00 bits per heavy atom. The van der Waals surface area contributed by atoms with Crippen LogP contribution in [0.1, 0.15) is 0 Å². The van der Waals surface area contributed by atoms with Gasteiger partial charge in [-0.05, 0) is 35.6 Å². The van der Waals surface area contributed by atoms with Crippen molar-refractivity contribution in [3.8, 4) is 0 Å². The van der Waals surface area contributed by atoms with E-state index >= 15 is 0 Å². The number of fused-ring (bicyclic) bond motifs is 1. The van der Waals surface area contributed by atoms with Gasteiger partial charge in [0, 0.05) is 0 Å². The minimum absolute atomic E-state index is 0.396. The highest BCUT2D eigenvalue weighted by Gasteiger charge is 1.97. The summed E-state index contributed by atoms with van der Waals surface area (Å²) in [5.41, 5.74) is 2.08. The molecule has 0 saturated carbocycles. The Kier molecular flexibility index (Phi) is 1.51. The summed E-state index contributed by atoms with van der Waals surface area (Å²) in [5.74, 6) is 0. The van der Waals surface area contributed by atoms with Crippen molar-refractivity contribution in [2.24, 2.45) is 5.18 Å². The second kappa shape index (κ2) is 2.53. The molecule has 0 amide bonds. The molecule has 2 rings (SSSR count). The first kappa shape index (κ1) is 7.17. The Morgan fingerprint density at radius 3 is 2.75 bits per heavy atom. The Hall–Kier alpha value is -1.49. The van der Waals surface area contributed by atoms with Crippen molar-refractivity contribution < 1.29 is 0 Å². The van der Waals surface area contributed by atoms with E-state index in [0.717, 1.165) is 11.0 Å². The van der Waals surface area contributed by atoms with E-state index in [0.29, 0.717) is 10.5 Å². The maximum Gasteiger partial charge on any atom is 0.175 e. The molecule has 5 heteroatoms. The maximum absolute atomic E-state index is 10.2. The first-order chi connectivity index (χ1) is 5.79. The molecule has 1 aromatic heterocycles. The lowest BCUT2D eigenvalue weighted by atomic mass is 10.3. The minimum Gasteiger partial charge on any atom is -0.331 e.